The van der Waals surface area contributed by atoms with Crippen molar-refractivity contribution in [3.05, 3.63) is 59.9 Å². The number of nitriles is 1. The fraction of sp³-hybridized carbons (Fsp3) is 0.348. The molecule has 1 aliphatic rings. The lowest BCUT2D eigenvalue weighted by Crippen LogP contribution is -2.42. The number of aromatic amines is 1. The van der Waals surface area contributed by atoms with E-state index < -0.39 is 0 Å². The number of carbonyl (C=O) groups is 1. The van der Waals surface area contributed by atoms with Crippen molar-refractivity contribution < 1.29 is 4.79 Å². The van der Waals surface area contributed by atoms with Crippen LogP contribution in [0.4, 0.5) is 10.6 Å². The molecule has 0 saturated carbocycles. The molecular formula is C23H26N6O. The molecule has 7 heteroatoms. The van der Waals surface area contributed by atoms with Crippen molar-refractivity contribution >= 4 is 22.8 Å². The Balaban J connectivity index is 1.26. The first-order chi connectivity index (χ1) is 14.8. The largest absolute Gasteiger partial charge is 0.361 e. The summed E-state index contributed by atoms with van der Waals surface area (Å²) in [6, 6.07) is 14.0. The number of amides is 2. The second kappa shape index (κ2) is 9.31. The number of urea groups is 1. The molecule has 3 aromatic rings. The number of pyridine rings is 1. The van der Waals surface area contributed by atoms with Crippen molar-refractivity contribution in [2.75, 3.05) is 37.6 Å². The van der Waals surface area contributed by atoms with Crippen molar-refractivity contribution in [3.8, 4) is 6.07 Å². The van der Waals surface area contributed by atoms with Crippen LogP contribution in [0.3, 0.4) is 0 Å². The number of H-pyrrole nitrogens is 1. The number of rotatable bonds is 5. The Hall–Kier alpha value is -3.53. The van der Waals surface area contributed by atoms with E-state index in [2.05, 4.69) is 50.6 Å². The second-order valence-corrected chi connectivity index (χ2v) is 7.51. The average molecular weight is 403 g/mol. The normalized spacial score (nSPS) is 14.4. The highest BCUT2D eigenvalue weighted by Gasteiger charge is 2.21. The highest BCUT2D eigenvalue weighted by molar-refractivity contribution is 5.83. The first kappa shape index (κ1) is 19.8. The van der Waals surface area contributed by atoms with Crippen LogP contribution in [-0.4, -0.2) is 53.6 Å². The van der Waals surface area contributed by atoms with E-state index in [4.69, 9.17) is 0 Å². The summed E-state index contributed by atoms with van der Waals surface area (Å²) in [6.07, 6.45) is 6.44. The van der Waals surface area contributed by atoms with Gasteiger partial charge in [0.25, 0.3) is 0 Å². The summed E-state index contributed by atoms with van der Waals surface area (Å²) in [6.45, 7) is 3.44. The Labute approximate surface area is 176 Å². The van der Waals surface area contributed by atoms with Crippen LogP contribution < -0.4 is 10.2 Å². The molecular weight excluding hydrogens is 376 g/mol. The number of carbonyl (C=O) groups excluding carboxylic acids is 1. The number of hydrogen-bond acceptors (Lipinski definition) is 4. The first-order valence-corrected chi connectivity index (χ1v) is 10.4. The molecule has 3 heterocycles. The van der Waals surface area contributed by atoms with Crippen LogP contribution in [0.2, 0.25) is 0 Å². The predicted molar refractivity (Wildman–Crippen MR) is 117 cm³/mol. The molecule has 2 aromatic heterocycles. The lowest BCUT2D eigenvalue weighted by molar-refractivity contribution is 0.201. The van der Waals surface area contributed by atoms with Crippen molar-refractivity contribution in [1.29, 1.82) is 5.26 Å². The minimum atomic E-state index is -0.0164. The maximum absolute atomic E-state index is 12.6. The predicted octanol–water partition coefficient (Wildman–Crippen LogP) is 3.29. The Bertz CT molecular complexity index is 1050. The molecule has 0 unspecified atom stereocenters. The fourth-order valence-electron chi connectivity index (χ4n) is 3.99. The van der Waals surface area contributed by atoms with Gasteiger partial charge in [-0.05, 0) is 43.0 Å². The summed E-state index contributed by atoms with van der Waals surface area (Å²) in [5.41, 5.74) is 3.01. The van der Waals surface area contributed by atoms with E-state index >= 15 is 0 Å². The summed E-state index contributed by atoms with van der Waals surface area (Å²) < 4.78 is 0. The molecule has 7 nitrogen and oxygen atoms in total. The third-order valence-electron chi connectivity index (χ3n) is 5.56. The van der Waals surface area contributed by atoms with Crippen molar-refractivity contribution in [1.82, 2.24) is 20.2 Å². The topological polar surface area (TPSA) is 88.1 Å². The van der Waals surface area contributed by atoms with Gasteiger partial charge in [0, 0.05) is 56.0 Å². The van der Waals surface area contributed by atoms with Crippen LogP contribution in [0.15, 0.2) is 48.8 Å². The first-order valence-electron chi connectivity index (χ1n) is 10.4. The number of hydrogen-bond donors (Lipinski definition) is 2. The zero-order valence-electron chi connectivity index (χ0n) is 17.0. The van der Waals surface area contributed by atoms with Crippen molar-refractivity contribution in [3.63, 3.8) is 0 Å². The minimum absolute atomic E-state index is 0.0164. The molecule has 30 heavy (non-hydrogen) atoms. The zero-order valence-corrected chi connectivity index (χ0v) is 17.0. The van der Waals surface area contributed by atoms with Gasteiger partial charge in [-0.15, -0.1) is 0 Å². The van der Waals surface area contributed by atoms with E-state index in [0.29, 0.717) is 37.6 Å². The summed E-state index contributed by atoms with van der Waals surface area (Å²) in [4.78, 5) is 24.2. The highest BCUT2D eigenvalue weighted by Crippen LogP contribution is 2.19. The molecule has 1 saturated heterocycles. The van der Waals surface area contributed by atoms with Crippen LogP contribution in [0.25, 0.3) is 10.9 Å². The number of nitrogens with one attached hydrogen (secondary N) is 2. The van der Waals surface area contributed by atoms with Gasteiger partial charge in [0.2, 0.25) is 0 Å². The van der Waals surface area contributed by atoms with Crippen LogP contribution in [-0.2, 0) is 6.42 Å². The van der Waals surface area contributed by atoms with Gasteiger partial charge in [-0.25, -0.2) is 9.78 Å². The standard InChI is InChI=1S/C23H26N6O/c24-16-18-6-3-10-25-22(18)28-12-5-13-29(15-14-28)23(30)26-11-4-7-19-17-27-21-9-2-1-8-20(19)21/h1-3,6,8-10,17,27H,4-5,7,11-15H2,(H,26,30). The maximum atomic E-state index is 12.6. The van der Waals surface area contributed by atoms with Gasteiger partial charge >= 0.3 is 6.03 Å². The van der Waals surface area contributed by atoms with Crippen LogP contribution >= 0.6 is 0 Å². The van der Waals surface area contributed by atoms with Crippen LogP contribution in [0.1, 0.15) is 24.0 Å². The molecule has 0 atom stereocenters. The monoisotopic (exact) mass is 402 g/mol. The van der Waals surface area contributed by atoms with Gasteiger partial charge < -0.3 is 20.1 Å². The lowest BCUT2D eigenvalue weighted by atomic mass is 10.1. The Morgan fingerprint density at radius 3 is 2.97 bits per heavy atom. The molecule has 154 valence electrons. The van der Waals surface area contributed by atoms with Gasteiger partial charge in [-0.2, -0.15) is 5.26 Å². The summed E-state index contributed by atoms with van der Waals surface area (Å²) in [7, 11) is 0. The molecule has 0 radical (unpaired) electrons. The third-order valence-corrected chi connectivity index (χ3v) is 5.56. The molecule has 0 bridgehead atoms. The molecule has 2 N–H and O–H groups in total. The Kier molecular flexibility index (Phi) is 6.14. The van der Waals surface area contributed by atoms with Gasteiger partial charge in [-0.1, -0.05) is 18.2 Å². The van der Waals surface area contributed by atoms with Crippen molar-refractivity contribution in [2.24, 2.45) is 0 Å². The van der Waals surface area contributed by atoms with Gasteiger partial charge in [0.05, 0.1) is 5.56 Å². The highest BCUT2D eigenvalue weighted by atomic mass is 16.2. The number of aromatic nitrogens is 2. The molecule has 4 rings (SSSR count). The fourth-order valence-corrected chi connectivity index (χ4v) is 3.99. The van der Waals surface area contributed by atoms with E-state index in [-0.39, 0.29) is 6.03 Å². The Morgan fingerprint density at radius 2 is 2.07 bits per heavy atom. The number of fused-ring (bicyclic) bond motifs is 1. The minimum Gasteiger partial charge on any atom is -0.361 e. The van der Waals surface area contributed by atoms with Crippen LogP contribution in [0.5, 0.6) is 0 Å². The molecule has 0 aliphatic carbocycles. The molecule has 2 amide bonds. The molecule has 1 fully saturated rings. The molecule has 0 spiro atoms. The molecule has 1 aliphatic heterocycles. The second-order valence-electron chi connectivity index (χ2n) is 7.51. The quantitative estimate of drug-likeness (QED) is 0.641. The lowest BCUT2D eigenvalue weighted by Gasteiger charge is -2.23. The van der Waals surface area contributed by atoms with E-state index in [1.54, 1.807) is 18.3 Å². The number of aryl methyl sites for hydroxylation is 1. The van der Waals surface area contributed by atoms with E-state index in [9.17, 15) is 10.1 Å². The average Bonchev–Trinajstić information content (AvgIpc) is 3.03. The van der Waals surface area contributed by atoms with E-state index in [1.165, 1.54) is 10.9 Å². The smallest absolute Gasteiger partial charge is 0.317 e. The summed E-state index contributed by atoms with van der Waals surface area (Å²) in [5, 5.41) is 13.6. The summed E-state index contributed by atoms with van der Waals surface area (Å²) >= 11 is 0. The van der Waals surface area contributed by atoms with Crippen molar-refractivity contribution in [2.45, 2.75) is 19.3 Å². The van der Waals surface area contributed by atoms with Gasteiger partial charge in [0.15, 0.2) is 0 Å². The van der Waals surface area contributed by atoms with E-state index in [1.807, 2.05) is 11.0 Å². The van der Waals surface area contributed by atoms with Crippen LogP contribution in [0, 0.1) is 11.3 Å². The zero-order chi connectivity index (χ0) is 20.8. The van der Waals surface area contributed by atoms with Gasteiger partial charge in [0.1, 0.15) is 11.9 Å². The third kappa shape index (κ3) is 4.38. The Morgan fingerprint density at radius 1 is 1.17 bits per heavy atom. The number of para-hydroxylation sites is 1. The number of benzene rings is 1. The molecule has 1 aromatic carbocycles. The van der Waals surface area contributed by atoms with E-state index in [0.717, 1.165) is 31.3 Å². The van der Waals surface area contributed by atoms with Gasteiger partial charge in [-0.3, -0.25) is 0 Å². The summed E-state index contributed by atoms with van der Waals surface area (Å²) in [5.74, 6) is 0.709. The SMILES string of the molecule is N#Cc1cccnc1N1CCCN(C(=O)NCCCc2c[nH]c3ccccc23)CC1. The number of nitrogens with zero attached hydrogens (tertiary/aromatic N) is 4. The number of anilines is 1. The maximum Gasteiger partial charge on any atom is 0.317 e.